The van der Waals surface area contributed by atoms with Gasteiger partial charge in [0.05, 0.1) is 0 Å². The quantitative estimate of drug-likeness (QED) is 0.275. The summed E-state index contributed by atoms with van der Waals surface area (Å²) in [7, 11) is 0. The van der Waals surface area contributed by atoms with Crippen LogP contribution in [0.3, 0.4) is 0 Å². The molecule has 0 bridgehead atoms. The molecule has 1 aromatic carbocycles. The van der Waals surface area contributed by atoms with E-state index >= 15 is 0 Å². The van der Waals surface area contributed by atoms with E-state index < -0.39 is 0 Å². The fourth-order valence-electron chi connectivity index (χ4n) is 4.28. The zero-order valence-electron chi connectivity index (χ0n) is 18.6. The minimum absolute atomic E-state index is 0.505. The predicted octanol–water partition coefficient (Wildman–Crippen LogP) is 7.37. The standard InChI is InChI=1S/C26H44N2/c1-3-5-6-7-8-9-10-11-12-13-17-21-28-23-22-27(20-4-2)26(28)24-25-18-15-14-16-19-25/h14-16,18-19,22-23,26H,3-13,17,20-21,24H2,1-2H3. The molecule has 0 saturated heterocycles. The first kappa shape index (κ1) is 22.8. The highest BCUT2D eigenvalue weighted by Crippen LogP contribution is 2.21. The van der Waals surface area contributed by atoms with Gasteiger partial charge in [-0.25, -0.2) is 0 Å². The smallest absolute Gasteiger partial charge is 0.105 e. The molecule has 1 aliphatic rings. The second kappa shape index (κ2) is 14.5. The van der Waals surface area contributed by atoms with Crippen molar-refractivity contribution in [1.82, 2.24) is 9.80 Å². The number of rotatable bonds is 16. The third kappa shape index (κ3) is 8.71. The molecule has 2 rings (SSSR count). The molecule has 2 heteroatoms. The summed E-state index contributed by atoms with van der Waals surface area (Å²) in [4.78, 5) is 5.11. The van der Waals surface area contributed by atoms with Gasteiger partial charge in [0, 0.05) is 31.9 Å². The van der Waals surface area contributed by atoms with Gasteiger partial charge in [-0.3, -0.25) is 0 Å². The molecule has 1 atom stereocenters. The Balaban J connectivity index is 1.60. The Hall–Kier alpha value is -1.44. The third-order valence-corrected chi connectivity index (χ3v) is 5.98. The molecule has 0 fully saturated rings. The van der Waals surface area contributed by atoms with Crippen LogP contribution >= 0.6 is 0 Å². The Morgan fingerprint density at radius 2 is 1.14 bits per heavy atom. The third-order valence-electron chi connectivity index (χ3n) is 5.98. The first-order valence-electron chi connectivity index (χ1n) is 12.1. The largest absolute Gasteiger partial charge is 0.356 e. The van der Waals surface area contributed by atoms with E-state index in [4.69, 9.17) is 0 Å². The first-order chi connectivity index (χ1) is 13.8. The van der Waals surface area contributed by atoms with Crippen LogP contribution in [0.5, 0.6) is 0 Å². The van der Waals surface area contributed by atoms with Crippen molar-refractivity contribution in [3.63, 3.8) is 0 Å². The van der Waals surface area contributed by atoms with Crippen LogP contribution in [0.1, 0.15) is 96.5 Å². The van der Waals surface area contributed by atoms with Gasteiger partial charge in [0.1, 0.15) is 6.17 Å². The van der Waals surface area contributed by atoms with E-state index in [1.165, 1.54) is 89.2 Å². The van der Waals surface area contributed by atoms with Crippen LogP contribution in [0.25, 0.3) is 0 Å². The molecule has 0 radical (unpaired) electrons. The van der Waals surface area contributed by atoms with Crippen LogP contribution in [0.15, 0.2) is 42.7 Å². The molecule has 1 heterocycles. The average molecular weight is 385 g/mol. The highest BCUT2D eigenvalue weighted by atomic mass is 15.4. The van der Waals surface area contributed by atoms with E-state index in [1.807, 2.05) is 0 Å². The van der Waals surface area contributed by atoms with Gasteiger partial charge in [0.25, 0.3) is 0 Å². The molecule has 0 aromatic heterocycles. The summed E-state index contributed by atoms with van der Waals surface area (Å²) in [5, 5.41) is 0. The Kier molecular flexibility index (Phi) is 11.9. The second-order valence-electron chi connectivity index (χ2n) is 8.48. The van der Waals surface area contributed by atoms with Crippen molar-refractivity contribution >= 4 is 0 Å². The van der Waals surface area contributed by atoms with Gasteiger partial charge < -0.3 is 9.80 Å². The molecule has 2 nitrogen and oxygen atoms in total. The number of hydrogen-bond donors (Lipinski definition) is 0. The highest BCUT2D eigenvalue weighted by molar-refractivity contribution is 5.17. The van der Waals surface area contributed by atoms with Crippen molar-refractivity contribution in [1.29, 1.82) is 0 Å². The van der Waals surface area contributed by atoms with Crippen molar-refractivity contribution in [3.8, 4) is 0 Å². The van der Waals surface area contributed by atoms with Crippen LogP contribution in [0.2, 0.25) is 0 Å². The Morgan fingerprint density at radius 3 is 1.71 bits per heavy atom. The molecule has 28 heavy (non-hydrogen) atoms. The minimum atomic E-state index is 0.505. The molecule has 1 aromatic rings. The Labute approximate surface area is 175 Å². The van der Waals surface area contributed by atoms with E-state index in [9.17, 15) is 0 Å². The molecule has 158 valence electrons. The van der Waals surface area contributed by atoms with E-state index in [0.29, 0.717) is 6.17 Å². The summed E-state index contributed by atoms with van der Waals surface area (Å²) < 4.78 is 0. The lowest BCUT2D eigenvalue weighted by molar-refractivity contribution is 0.150. The van der Waals surface area contributed by atoms with Gasteiger partial charge in [-0.15, -0.1) is 0 Å². The molecule has 0 N–H and O–H groups in total. The lowest BCUT2D eigenvalue weighted by Crippen LogP contribution is -2.41. The van der Waals surface area contributed by atoms with Gasteiger partial charge >= 0.3 is 0 Å². The summed E-state index contributed by atoms with van der Waals surface area (Å²) in [6, 6.07) is 11.0. The zero-order valence-corrected chi connectivity index (χ0v) is 18.6. The first-order valence-corrected chi connectivity index (χ1v) is 12.1. The van der Waals surface area contributed by atoms with Crippen LogP contribution in [0.4, 0.5) is 0 Å². The van der Waals surface area contributed by atoms with Crippen molar-refractivity contribution in [3.05, 3.63) is 48.3 Å². The van der Waals surface area contributed by atoms with Gasteiger partial charge in [0.2, 0.25) is 0 Å². The summed E-state index contributed by atoms with van der Waals surface area (Å²) >= 11 is 0. The van der Waals surface area contributed by atoms with Crippen LogP contribution in [-0.4, -0.2) is 29.1 Å². The maximum absolute atomic E-state index is 2.58. The van der Waals surface area contributed by atoms with Gasteiger partial charge in [-0.2, -0.15) is 0 Å². The average Bonchev–Trinajstić information content (AvgIpc) is 3.08. The second-order valence-corrected chi connectivity index (χ2v) is 8.48. The predicted molar refractivity (Wildman–Crippen MR) is 123 cm³/mol. The van der Waals surface area contributed by atoms with E-state index in [1.54, 1.807) is 0 Å². The lowest BCUT2D eigenvalue weighted by Gasteiger charge is -2.33. The fourth-order valence-corrected chi connectivity index (χ4v) is 4.28. The maximum atomic E-state index is 2.58. The van der Waals surface area contributed by atoms with Crippen LogP contribution < -0.4 is 0 Å². The van der Waals surface area contributed by atoms with Crippen molar-refractivity contribution in [2.75, 3.05) is 13.1 Å². The van der Waals surface area contributed by atoms with Crippen molar-refractivity contribution < 1.29 is 0 Å². The summed E-state index contributed by atoms with van der Waals surface area (Å²) in [6.07, 6.45) is 23.0. The normalized spacial score (nSPS) is 16.3. The van der Waals surface area contributed by atoms with E-state index in [2.05, 4.69) is 66.4 Å². The summed E-state index contributed by atoms with van der Waals surface area (Å²) in [6.45, 7) is 6.93. The van der Waals surface area contributed by atoms with Gasteiger partial charge in [0.15, 0.2) is 0 Å². The minimum Gasteiger partial charge on any atom is -0.356 e. The SMILES string of the molecule is CCCCCCCCCCCCCN1C=CN(CCC)C1Cc1ccccc1. The molecule has 0 saturated carbocycles. The number of hydrogen-bond acceptors (Lipinski definition) is 2. The molecule has 0 spiro atoms. The summed E-state index contributed by atoms with van der Waals surface area (Å²) in [5.41, 5.74) is 1.45. The molecule has 1 aliphatic heterocycles. The monoisotopic (exact) mass is 384 g/mol. The van der Waals surface area contributed by atoms with E-state index in [-0.39, 0.29) is 0 Å². The summed E-state index contributed by atoms with van der Waals surface area (Å²) in [5.74, 6) is 0. The number of unbranched alkanes of at least 4 members (excludes halogenated alkanes) is 10. The maximum Gasteiger partial charge on any atom is 0.105 e. The zero-order chi connectivity index (χ0) is 19.9. The molecule has 1 unspecified atom stereocenters. The molecule has 0 aliphatic carbocycles. The molecular formula is C26H44N2. The molecular weight excluding hydrogens is 340 g/mol. The fraction of sp³-hybridized carbons (Fsp3) is 0.692. The number of benzene rings is 1. The lowest BCUT2D eigenvalue weighted by atomic mass is 10.1. The van der Waals surface area contributed by atoms with Gasteiger partial charge in [-0.05, 0) is 18.4 Å². The highest BCUT2D eigenvalue weighted by Gasteiger charge is 2.25. The topological polar surface area (TPSA) is 6.48 Å². The Bertz CT molecular complexity index is 510. The number of nitrogens with zero attached hydrogens (tertiary/aromatic N) is 2. The van der Waals surface area contributed by atoms with Crippen LogP contribution in [-0.2, 0) is 6.42 Å². The Morgan fingerprint density at radius 1 is 0.607 bits per heavy atom. The van der Waals surface area contributed by atoms with E-state index in [0.717, 1.165) is 13.0 Å². The van der Waals surface area contributed by atoms with Crippen LogP contribution in [0, 0.1) is 0 Å². The molecule has 0 amide bonds. The van der Waals surface area contributed by atoms with Crippen molar-refractivity contribution in [2.24, 2.45) is 0 Å². The van der Waals surface area contributed by atoms with Crippen molar-refractivity contribution in [2.45, 2.75) is 103 Å². The van der Waals surface area contributed by atoms with Gasteiger partial charge in [-0.1, -0.05) is 108 Å².